The number of hydrogen-bond donors (Lipinski definition) is 2. The molecule has 0 unspecified atom stereocenters. The van der Waals surface area contributed by atoms with Crippen LogP contribution in [0.5, 0.6) is 0 Å². The Kier molecular flexibility index (Phi) is 4.55. The molecule has 4 heteroatoms. The first kappa shape index (κ1) is 13.3. The second kappa shape index (κ2) is 6.16. The van der Waals surface area contributed by atoms with Crippen LogP contribution >= 0.6 is 23.6 Å². The summed E-state index contributed by atoms with van der Waals surface area (Å²) < 4.78 is 1.37. The van der Waals surface area contributed by atoms with Gasteiger partial charge in [0.25, 0.3) is 0 Å². The van der Waals surface area contributed by atoms with Crippen molar-refractivity contribution >= 4 is 38.8 Å². The van der Waals surface area contributed by atoms with E-state index >= 15 is 0 Å². The summed E-state index contributed by atoms with van der Waals surface area (Å²) in [6.07, 6.45) is 2.10. The van der Waals surface area contributed by atoms with Crippen LogP contribution in [0.2, 0.25) is 0 Å². The summed E-state index contributed by atoms with van der Waals surface area (Å²) in [6.45, 7) is 3.07. The first-order chi connectivity index (χ1) is 8.74. The fraction of sp³-hybridized carbons (Fsp3) is 0.357. The minimum atomic E-state index is 0.712. The molecule has 1 aromatic heterocycles. The van der Waals surface area contributed by atoms with E-state index in [1.807, 2.05) is 18.4 Å². The quantitative estimate of drug-likeness (QED) is 0.840. The zero-order valence-corrected chi connectivity index (χ0v) is 12.4. The lowest BCUT2D eigenvalue weighted by atomic mass is 10.1. The van der Waals surface area contributed by atoms with Crippen LogP contribution in [0.15, 0.2) is 23.6 Å². The van der Waals surface area contributed by atoms with E-state index in [1.165, 1.54) is 21.2 Å². The topological polar surface area (TPSA) is 24.1 Å². The molecule has 18 heavy (non-hydrogen) atoms. The Bertz CT molecular complexity index is 546. The number of thiophene rings is 1. The van der Waals surface area contributed by atoms with Crippen LogP contribution in [0.3, 0.4) is 0 Å². The minimum Gasteiger partial charge on any atom is -0.366 e. The van der Waals surface area contributed by atoms with Crippen LogP contribution in [0.4, 0.5) is 0 Å². The molecule has 0 aliphatic carbocycles. The lowest BCUT2D eigenvalue weighted by Crippen LogP contribution is -2.33. The number of thiocarbonyl (C=S) groups is 1. The molecule has 2 rings (SSSR count). The Balaban J connectivity index is 2.10. The number of nitrogens with one attached hydrogen (secondary N) is 2. The number of fused-ring (bicyclic) bond motifs is 1. The van der Waals surface area contributed by atoms with E-state index in [2.05, 4.69) is 41.1 Å². The van der Waals surface area contributed by atoms with Crippen molar-refractivity contribution in [2.75, 3.05) is 13.6 Å². The van der Waals surface area contributed by atoms with Crippen molar-refractivity contribution in [3.63, 3.8) is 0 Å². The maximum absolute atomic E-state index is 5.07. The van der Waals surface area contributed by atoms with Gasteiger partial charge in [-0.1, -0.05) is 19.1 Å². The standard InChI is InChI=1S/C14H18N2S2/c1-3-10-4-5-13-12(8-10)11(9-18-13)6-7-16-14(17)15-2/h4-5,8-9H,3,6-7H2,1-2H3,(H2,15,16,17). The second-order valence-corrected chi connectivity index (χ2v) is 5.52. The molecule has 0 fully saturated rings. The van der Waals surface area contributed by atoms with Crippen molar-refractivity contribution in [1.82, 2.24) is 10.6 Å². The molecule has 0 saturated carbocycles. The predicted octanol–water partition coefficient (Wildman–Crippen LogP) is 3.10. The summed E-state index contributed by atoms with van der Waals surface area (Å²) in [5.41, 5.74) is 2.82. The lowest BCUT2D eigenvalue weighted by Gasteiger charge is -2.06. The minimum absolute atomic E-state index is 0.712. The van der Waals surface area contributed by atoms with Gasteiger partial charge in [0, 0.05) is 18.3 Å². The third-order valence-corrected chi connectivity index (χ3v) is 4.39. The second-order valence-electron chi connectivity index (χ2n) is 4.20. The van der Waals surface area contributed by atoms with Gasteiger partial charge in [-0.05, 0) is 53.0 Å². The van der Waals surface area contributed by atoms with E-state index in [0.29, 0.717) is 5.11 Å². The average Bonchev–Trinajstić information content (AvgIpc) is 2.81. The van der Waals surface area contributed by atoms with E-state index < -0.39 is 0 Å². The molecule has 0 atom stereocenters. The normalized spacial score (nSPS) is 10.6. The first-order valence-electron chi connectivity index (χ1n) is 6.19. The van der Waals surface area contributed by atoms with Crippen LogP contribution in [-0.2, 0) is 12.8 Å². The van der Waals surface area contributed by atoms with Gasteiger partial charge in [-0.3, -0.25) is 0 Å². The molecule has 1 heterocycles. The summed E-state index contributed by atoms with van der Waals surface area (Å²) in [7, 11) is 1.84. The van der Waals surface area contributed by atoms with Crippen molar-refractivity contribution < 1.29 is 0 Å². The molecule has 2 aromatic rings. The molecule has 0 amide bonds. The van der Waals surface area contributed by atoms with Crippen molar-refractivity contribution in [2.24, 2.45) is 0 Å². The highest BCUT2D eigenvalue weighted by Crippen LogP contribution is 2.27. The molecule has 2 nitrogen and oxygen atoms in total. The predicted molar refractivity (Wildman–Crippen MR) is 84.6 cm³/mol. The van der Waals surface area contributed by atoms with Crippen molar-refractivity contribution in [3.8, 4) is 0 Å². The Hall–Kier alpha value is -1.13. The van der Waals surface area contributed by atoms with Gasteiger partial charge in [0.2, 0.25) is 0 Å². The fourth-order valence-corrected chi connectivity index (χ4v) is 3.02. The van der Waals surface area contributed by atoms with Crippen LogP contribution in [0.25, 0.3) is 10.1 Å². The van der Waals surface area contributed by atoms with E-state index in [9.17, 15) is 0 Å². The third kappa shape index (κ3) is 3.00. The number of aryl methyl sites for hydroxylation is 1. The van der Waals surface area contributed by atoms with Gasteiger partial charge >= 0.3 is 0 Å². The highest BCUT2D eigenvalue weighted by molar-refractivity contribution is 7.80. The van der Waals surface area contributed by atoms with Gasteiger partial charge in [-0.2, -0.15) is 0 Å². The molecule has 0 aliphatic rings. The SMILES string of the molecule is CCc1ccc2scc(CCNC(=S)NC)c2c1. The Morgan fingerprint density at radius 3 is 2.94 bits per heavy atom. The highest BCUT2D eigenvalue weighted by Gasteiger charge is 2.04. The van der Waals surface area contributed by atoms with Crippen LogP contribution in [0.1, 0.15) is 18.1 Å². The van der Waals surface area contributed by atoms with Gasteiger partial charge < -0.3 is 10.6 Å². The lowest BCUT2D eigenvalue weighted by molar-refractivity contribution is 0.857. The summed E-state index contributed by atoms with van der Waals surface area (Å²) in [4.78, 5) is 0. The number of rotatable bonds is 4. The maximum atomic E-state index is 5.07. The van der Waals surface area contributed by atoms with Crippen LogP contribution < -0.4 is 10.6 Å². The van der Waals surface area contributed by atoms with Crippen LogP contribution in [0, 0.1) is 0 Å². The molecule has 0 aliphatic heterocycles. The van der Waals surface area contributed by atoms with Gasteiger partial charge in [0.1, 0.15) is 0 Å². The maximum Gasteiger partial charge on any atom is 0.166 e. The Morgan fingerprint density at radius 1 is 1.39 bits per heavy atom. The summed E-state index contributed by atoms with van der Waals surface area (Å²) in [6, 6.07) is 6.77. The number of hydrogen-bond acceptors (Lipinski definition) is 2. The summed E-state index contributed by atoms with van der Waals surface area (Å²) in [5.74, 6) is 0. The summed E-state index contributed by atoms with van der Waals surface area (Å²) >= 11 is 6.89. The van der Waals surface area contributed by atoms with Gasteiger partial charge in [0.05, 0.1) is 0 Å². The average molecular weight is 278 g/mol. The van der Waals surface area contributed by atoms with Gasteiger partial charge in [-0.25, -0.2) is 0 Å². The molecule has 96 valence electrons. The molecule has 0 saturated heterocycles. The van der Waals surface area contributed by atoms with E-state index in [-0.39, 0.29) is 0 Å². The molecule has 0 radical (unpaired) electrons. The zero-order valence-electron chi connectivity index (χ0n) is 10.7. The van der Waals surface area contributed by atoms with Crippen molar-refractivity contribution in [1.29, 1.82) is 0 Å². The summed E-state index contributed by atoms with van der Waals surface area (Å²) in [5, 5.41) is 10.5. The molecule has 1 aromatic carbocycles. The number of benzene rings is 1. The van der Waals surface area contributed by atoms with E-state index in [0.717, 1.165) is 19.4 Å². The van der Waals surface area contributed by atoms with Crippen LogP contribution in [-0.4, -0.2) is 18.7 Å². The largest absolute Gasteiger partial charge is 0.366 e. The zero-order chi connectivity index (χ0) is 13.0. The third-order valence-electron chi connectivity index (χ3n) is 3.03. The van der Waals surface area contributed by atoms with Crippen molar-refractivity contribution in [2.45, 2.75) is 19.8 Å². The van der Waals surface area contributed by atoms with E-state index in [1.54, 1.807) is 0 Å². The molecule has 0 spiro atoms. The fourth-order valence-electron chi connectivity index (χ4n) is 1.94. The Morgan fingerprint density at radius 2 is 2.22 bits per heavy atom. The van der Waals surface area contributed by atoms with Gasteiger partial charge in [-0.15, -0.1) is 11.3 Å². The molecule has 2 N–H and O–H groups in total. The van der Waals surface area contributed by atoms with E-state index in [4.69, 9.17) is 12.2 Å². The Labute approximate surface area is 117 Å². The monoisotopic (exact) mass is 278 g/mol. The highest BCUT2D eigenvalue weighted by atomic mass is 32.1. The molecular weight excluding hydrogens is 260 g/mol. The molecular formula is C14H18N2S2. The first-order valence-corrected chi connectivity index (χ1v) is 7.48. The van der Waals surface area contributed by atoms with Crippen molar-refractivity contribution in [3.05, 3.63) is 34.7 Å². The smallest absolute Gasteiger partial charge is 0.166 e. The molecule has 0 bridgehead atoms. The van der Waals surface area contributed by atoms with Gasteiger partial charge in [0.15, 0.2) is 5.11 Å².